The van der Waals surface area contributed by atoms with E-state index in [0.29, 0.717) is 27.9 Å². The largest absolute Gasteiger partial charge is 0.301 e. The number of carbonyl (C=O) groups is 2. The molecule has 1 fully saturated rings. The first-order valence-electron chi connectivity index (χ1n) is 9.54. The van der Waals surface area contributed by atoms with Crippen LogP contribution in [-0.4, -0.2) is 42.2 Å². The van der Waals surface area contributed by atoms with Gasteiger partial charge in [-0.2, -0.15) is 0 Å². The van der Waals surface area contributed by atoms with Crippen LogP contribution in [-0.2, 0) is 22.4 Å². The fraction of sp³-hybridized carbons (Fsp3) is 0.444. The average molecular weight is 445 g/mol. The predicted molar refractivity (Wildman–Crippen MR) is 112 cm³/mol. The Hall–Kier alpha value is -2.86. The number of anilines is 2. The summed E-state index contributed by atoms with van der Waals surface area (Å²) in [6.45, 7) is 1.46. The normalized spacial score (nSPS) is 18.3. The average Bonchev–Trinajstić information content (AvgIpc) is 3.44. The van der Waals surface area contributed by atoms with E-state index in [0.717, 1.165) is 35.7 Å². The number of amides is 2. The second-order valence-electron chi connectivity index (χ2n) is 7.10. The lowest BCUT2D eigenvalue weighted by Crippen LogP contribution is -2.15. The summed E-state index contributed by atoms with van der Waals surface area (Å²) in [6.07, 6.45) is 7.25. The Morgan fingerprint density at radius 2 is 1.80 bits per heavy atom. The highest BCUT2D eigenvalue weighted by molar-refractivity contribution is 7.15. The molecule has 0 bridgehead atoms. The summed E-state index contributed by atoms with van der Waals surface area (Å²) in [6, 6.07) is 1.71. The maximum Gasteiger partial charge on any atom is 0.233 e. The van der Waals surface area contributed by atoms with Crippen molar-refractivity contribution in [1.29, 1.82) is 0 Å². The molecule has 1 aliphatic carbocycles. The van der Waals surface area contributed by atoms with Gasteiger partial charge in [0.25, 0.3) is 0 Å². The molecule has 156 valence electrons. The Balaban J connectivity index is 1.27. The molecule has 0 aromatic carbocycles. The Kier molecular flexibility index (Phi) is 6.33. The zero-order valence-electron chi connectivity index (χ0n) is 16.2. The van der Waals surface area contributed by atoms with Crippen LogP contribution in [0, 0.1) is 5.92 Å². The molecule has 0 aliphatic heterocycles. The molecule has 12 heteroatoms. The molecule has 1 aliphatic rings. The first kappa shape index (κ1) is 20.4. The third-order valence-corrected chi connectivity index (χ3v) is 6.59. The molecule has 0 radical (unpaired) electrons. The summed E-state index contributed by atoms with van der Waals surface area (Å²) in [5.74, 6) is 0.953. The lowest BCUT2D eigenvalue weighted by atomic mass is 10.0. The van der Waals surface area contributed by atoms with Crippen molar-refractivity contribution in [3.8, 4) is 0 Å². The minimum Gasteiger partial charge on any atom is -0.301 e. The Bertz CT molecular complexity index is 1020. The SMILES string of the molecule is CC(=O)Nc1nnc([C@H]2CC[C@@H](Cc3nnc(NC(=O)Cc4ncccn4)s3)C2)s1. The van der Waals surface area contributed by atoms with Gasteiger partial charge in [-0.15, -0.1) is 20.4 Å². The van der Waals surface area contributed by atoms with Gasteiger partial charge in [-0.25, -0.2) is 9.97 Å². The number of nitrogens with zero attached hydrogens (tertiary/aromatic N) is 6. The van der Waals surface area contributed by atoms with Crippen molar-refractivity contribution in [3.63, 3.8) is 0 Å². The summed E-state index contributed by atoms with van der Waals surface area (Å²) in [5.41, 5.74) is 0. The molecule has 2 N–H and O–H groups in total. The van der Waals surface area contributed by atoms with Crippen LogP contribution in [0.15, 0.2) is 18.5 Å². The fourth-order valence-electron chi connectivity index (χ4n) is 3.45. The van der Waals surface area contributed by atoms with Gasteiger partial charge in [0.2, 0.25) is 22.1 Å². The highest BCUT2D eigenvalue weighted by Gasteiger charge is 2.29. The summed E-state index contributed by atoms with van der Waals surface area (Å²) < 4.78 is 0. The van der Waals surface area contributed by atoms with Gasteiger partial charge in [0, 0.05) is 31.7 Å². The lowest BCUT2D eigenvalue weighted by Gasteiger charge is -2.06. The first-order chi connectivity index (χ1) is 14.5. The van der Waals surface area contributed by atoms with E-state index >= 15 is 0 Å². The Morgan fingerprint density at radius 3 is 2.60 bits per heavy atom. The van der Waals surface area contributed by atoms with Crippen molar-refractivity contribution < 1.29 is 9.59 Å². The van der Waals surface area contributed by atoms with Crippen LogP contribution in [0.25, 0.3) is 0 Å². The monoisotopic (exact) mass is 444 g/mol. The third kappa shape index (κ3) is 5.39. The molecule has 30 heavy (non-hydrogen) atoms. The summed E-state index contributed by atoms with van der Waals surface area (Å²) in [5, 5.41) is 24.9. The van der Waals surface area contributed by atoms with E-state index < -0.39 is 0 Å². The number of hydrogen-bond donors (Lipinski definition) is 2. The van der Waals surface area contributed by atoms with Gasteiger partial charge in [-0.1, -0.05) is 22.7 Å². The van der Waals surface area contributed by atoms with Crippen LogP contribution in [0.1, 0.15) is 47.9 Å². The molecule has 0 spiro atoms. The minimum atomic E-state index is -0.212. The number of aromatic nitrogens is 6. The highest BCUT2D eigenvalue weighted by atomic mass is 32.1. The fourth-order valence-corrected chi connectivity index (χ4v) is 5.25. The molecular weight excluding hydrogens is 424 g/mol. The molecule has 0 saturated heterocycles. The van der Waals surface area contributed by atoms with E-state index in [1.165, 1.54) is 29.6 Å². The van der Waals surface area contributed by atoms with E-state index in [2.05, 4.69) is 41.0 Å². The van der Waals surface area contributed by atoms with E-state index in [1.54, 1.807) is 18.5 Å². The van der Waals surface area contributed by atoms with Gasteiger partial charge >= 0.3 is 0 Å². The van der Waals surface area contributed by atoms with E-state index in [1.807, 2.05) is 0 Å². The molecule has 1 saturated carbocycles. The van der Waals surface area contributed by atoms with Gasteiger partial charge in [0.05, 0.1) is 6.42 Å². The van der Waals surface area contributed by atoms with Gasteiger partial charge in [0.1, 0.15) is 15.8 Å². The number of rotatable bonds is 7. The van der Waals surface area contributed by atoms with Crippen LogP contribution >= 0.6 is 22.7 Å². The molecule has 4 rings (SSSR count). The smallest absolute Gasteiger partial charge is 0.233 e. The van der Waals surface area contributed by atoms with Gasteiger partial charge in [-0.3, -0.25) is 9.59 Å². The Labute approximate surface area is 180 Å². The van der Waals surface area contributed by atoms with Crippen LogP contribution < -0.4 is 10.6 Å². The third-order valence-electron chi connectivity index (χ3n) is 4.73. The van der Waals surface area contributed by atoms with E-state index in [-0.39, 0.29) is 18.2 Å². The van der Waals surface area contributed by atoms with Crippen LogP contribution in [0.5, 0.6) is 0 Å². The topological polar surface area (TPSA) is 136 Å². The number of nitrogens with one attached hydrogen (secondary N) is 2. The van der Waals surface area contributed by atoms with Gasteiger partial charge < -0.3 is 10.6 Å². The number of carbonyl (C=O) groups excluding carboxylic acids is 2. The molecule has 0 unspecified atom stereocenters. The van der Waals surface area contributed by atoms with Crippen molar-refractivity contribution in [3.05, 3.63) is 34.3 Å². The molecule has 2 atom stereocenters. The zero-order valence-corrected chi connectivity index (χ0v) is 17.9. The zero-order chi connectivity index (χ0) is 20.9. The maximum absolute atomic E-state index is 12.1. The number of hydrogen-bond acceptors (Lipinski definition) is 10. The molecule has 2 amide bonds. The molecule has 10 nitrogen and oxygen atoms in total. The van der Waals surface area contributed by atoms with E-state index in [4.69, 9.17) is 0 Å². The minimum absolute atomic E-state index is 0.0996. The quantitative estimate of drug-likeness (QED) is 0.567. The molecular formula is C18H20N8O2S2. The molecule has 3 aromatic rings. The first-order valence-corrected chi connectivity index (χ1v) is 11.2. The van der Waals surface area contributed by atoms with Crippen molar-refractivity contribution >= 4 is 44.8 Å². The predicted octanol–water partition coefficient (Wildman–Crippen LogP) is 2.45. The maximum atomic E-state index is 12.1. The van der Waals surface area contributed by atoms with E-state index in [9.17, 15) is 9.59 Å². The second-order valence-corrected chi connectivity index (χ2v) is 9.17. The Morgan fingerprint density at radius 1 is 1.03 bits per heavy atom. The highest BCUT2D eigenvalue weighted by Crippen LogP contribution is 2.41. The van der Waals surface area contributed by atoms with Gasteiger partial charge in [-0.05, 0) is 31.2 Å². The van der Waals surface area contributed by atoms with Crippen molar-refractivity contribution in [1.82, 2.24) is 30.4 Å². The summed E-state index contributed by atoms with van der Waals surface area (Å²) >= 11 is 2.84. The molecule has 3 aromatic heterocycles. The van der Waals surface area contributed by atoms with Crippen molar-refractivity contribution in [2.24, 2.45) is 5.92 Å². The van der Waals surface area contributed by atoms with Crippen molar-refractivity contribution in [2.75, 3.05) is 10.6 Å². The van der Waals surface area contributed by atoms with Crippen LogP contribution in [0.2, 0.25) is 0 Å². The lowest BCUT2D eigenvalue weighted by molar-refractivity contribution is -0.116. The van der Waals surface area contributed by atoms with Crippen LogP contribution in [0.3, 0.4) is 0 Å². The standard InChI is InChI=1S/C18H20N8O2S2/c1-10(27)21-17-26-24-16(30-17)12-4-3-11(7-12)8-15-23-25-18(29-15)22-14(28)9-13-19-5-2-6-20-13/h2,5-6,11-12H,3-4,7-9H2,1H3,(H,21,26,27)(H,22,25,28)/t11-,12+/m1/s1. The summed E-state index contributed by atoms with van der Waals surface area (Å²) in [4.78, 5) is 31.4. The van der Waals surface area contributed by atoms with Crippen molar-refractivity contribution in [2.45, 2.75) is 44.9 Å². The van der Waals surface area contributed by atoms with Gasteiger partial charge in [0.15, 0.2) is 0 Å². The second kappa shape index (κ2) is 9.30. The summed E-state index contributed by atoms with van der Waals surface area (Å²) in [7, 11) is 0. The molecule has 3 heterocycles. The van der Waals surface area contributed by atoms with Crippen LogP contribution in [0.4, 0.5) is 10.3 Å².